The molecule has 0 saturated carbocycles. The van der Waals surface area contributed by atoms with Gasteiger partial charge in [-0.25, -0.2) is 8.42 Å². The summed E-state index contributed by atoms with van der Waals surface area (Å²) in [4.78, 5) is 14.4. The predicted octanol–water partition coefficient (Wildman–Crippen LogP) is 1.15. The second-order valence-corrected chi connectivity index (χ2v) is 9.37. The van der Waals surface area contributed by atoms with Crippen molar-refractivity contribution in [3.63, 3.8) is 0 Å². The molecule has 3 heterocycles. The molecule has 0 radical (unpaired) electrons. The van der Waals surface area contributed by atoms with Crippen LogP contribution < -0.4 is 5.32 Å². The molecule has 2 saturated heterocycles. The first kappa shape index (κ1) is 16.5. The fourth-order valence-corrected chi connectivity index (χ4v) is 5.93. The van der Waals surface area contributed by atoms with E-state index in [1.54, 1.807) is 12.1 Å². The molecule has 2 aliphatic heterocycles. The summed E-state index contributed by atoms with van der Waals surface area (Å²) in [5.41, 5.74) is 0. The Morgan fingerprint density at radius 2 is 2.22 bits per heavy atom. The fraction of sp³-hybridized carbons (Fsp3) is 0.688. The standard InChI is InChI=1S/C16H24N2O4S/c1-11(2)8-18-9-12-13(5-7-23(20,21)15(12)10-18)17-16(19)14-4-3-6-22-14/h3-4,6,11-13,15H,5,7-10H2,1-2H3,(H,17,19)/t12-,13+,15-/m1/s1. The maximum absolute atomic E-state index is 12.4. The summed E-state index contributed by atoms with van der Waals surface area (Å²) in [6.45, 7) is 6.46. The minimum atomic E-state index is -3.07. The summed E-state index contributed by atoms with van der Waals surface area (Å²) >= 11 is 0. The maximum atomic E-state index is 12.4. The van der Waals surface area contributed by atoms with Crippen LogP contribution in [0.25, 0.3) is 0 Å². The van der Waals surface area contributed by atoms with Crippen LogP contribution >= 0.6 is 0 Å². The monoisotopic (exact) mass is 340 g/mol. The van der Waals surface area contributed by atoms with E-state index in [1.807, 2.05) is 0 Å². The van der Waals surface area contributed by atoms with Gasteiger partial charge in [-0.3, -0.25) is 4.79 Å². The fourth-order valence-electron chi connectivity index (χ4n) is 3.79. The molecular weight excluding hydrogens is 316 g/mol. The first-order chi connectivity index (χ1) is 10.9. The molecule has 3 rings (SSSR count). The number of hydrogen-bond acceptors (Lipinski definition) is 5. The lowest BCUT2D eigenvalue weighted by atomic mass is 9.95. The number of hydrogen-bond donors (Lipinski definition) is 1. The van der Waals surface area contributed by atoms with E-state index in [0.717, 1.165) is 13.1 Å². The second-order valence-electron chi connectivity index (χ2n) is 7.03. The minimum Gasteiger partial charge on any atom is -0.459 e. The van der Waals surface area contributed by atoms with Gasteiger partial charge in [0.1, 0.15) is 0 Å². The molecule has 128 valence electrons. The number of nitrogens with zero attached hydrogens (tertiary/aromatic N) is 1. The zero-order valence-corrected chi connectivity index (χ0v) is 14.4. The zero-order valence-electron chi connectivity index (χ0n) is 13.6. The second kappa shape index (κ2) is 6.28. The lowest BCUT2D eigenvalue weighted by Crippen LogP contribution is -2.51. The van der Waals surface area contributed by atoms with Crippen molar-refractivity contribution in [2.45, 2.75) is 31.6 Å². The number of furan rings is 1. The summed E-state index contributed by atoms with van der Waals surface area (Å²) in [5.74, 6) is 0.611. The largest absolute Gasteiger partial charge is 0.459 e. The Labute approximate surface area is 137 Å². The normalized spacial score (nSPS) is 30.3. The van der Waals surface area contributed by atoms with Crippen molar-refractivity contribution < 1.29 is 17.6 Å². The van der Waals surface area contributed by atoms with Gasteiger partial charge < -0.3 is 14.6 Å². The highest BCUT2D eigenvalue weighted by atomic mass is 32.2. The van der Waals surface area contributed by atoms with Crippen molar-refractivity contribution in [1.29, 1.82) is 0 Å². The molecule has 2 fully saturated rings. The number of sulfone groups is 1. The first-order valence-corrected chi connectivity index (χ1v) is 9.86. The van der Waals surface area contributed by atoms with Gasteiger partial charge in [-0.15, -0.1) is 0 Å². The van der Waals surface area contributed by atoms with Crippen molar-refractivity contribution in [2.75, 3.05) is 25.4 Å². The van der Waals surface area contributed by atoms with Gasteiger partial charge in [0.2, 0.25) is 0 Å². The van der Waals surface area contributed by atoms with E-state index in [-0.39, 0.29) is 34.6 Å². The number of nitrogens with one attached hydrogen (secondary N) is 1. The number of fused-ring (bicyclic) bond motifs is 1. The van der Waals surface area contributed by atoms with E-state index in [1.165, 1.54) is 6.26 Å². The summed E-state index contributed by atoms with van der Waals surface area (Å²) in [6.07, 6.45) is 1.94. The van der Waals surface area contributed by atoms with Crippen LogP contribution in [0.4, 0.5) is 0 Å². The molecule has 0 unspecified atom stereocenters. The van der Waals surface area contributed by atoms with E-state index in [2.05, 4.69) is 24.1 Å². The Morgan fingerprint density at radius 1 is 1.43 bits per heavy atom. The Kier molecular flexibility index (Phi) is 4.51. The maximum Gasteiger partial charge on any atom is 0.287 e. The highest BCUT2D eigenvalue weighted by Crippen LogP contribution is 2.33. The van der Waals surface area contributed by atoms with Gasteiger partial charge in [-0.1, -0.05) is 13.8 Å². The first-order valence-electron chi connectivity index (χ1n) is 8.15. The molecule has 1 aromatic heterocycles. The van der Waals surface area contributed by atoms with Gasteiger partial charge in [-0.2, -0.15) is 0 Å². The van der Waals surface area contributed by atoms with Crippen LogP contribution in [0.3, 0.4) is 0 Å². The molecule has 1 N–H and O–H groups in total. The number of carbonyl (C=O) groups excluding carboxylic acids is 1. The van der Waals surface area contributed by atoms with Crippen LogP contribution in [0.1, 0.15) is 30.8 Å². The van der Waals surface area contributed by atoms with Crippen LogP contribution in [0.15, 0.2) is 22.8 Å². The van der Waals surface area contributed by atoms with Crippen molar-refractivity contribution >= 4 is 15.7 Å². The summed E-state index contributed by atoms with van der Waals surface area (Å²) < 4.78 is 29.9. The third-order valence-electron chi connectivity index (χ3n) is 4.76. The number of amides is 1. The van der Waals surface area contributed by atoms with E-state index in [0.29, 0.717) is 18.9 Å². The molecule has 1 amide bonds. The molecule has 7 heteroatoms. The number of carbonyl (C=O) groups is 1. The quantitative estimate of drug-likeness (QED) is 0.889. The molecular formula is C16H24N2O4S. The van der Waals surface area contributed by atoms with Crippen LogP contribution in [0, 0.1) is 11.8 Å². The Balaban J connectivity index is 1.74. The van der Waals surface area contributed by atoms with E-state index >= 15 is 0 Å². The van der Waals surface area contributed by atoms with Crippen molar-refractivity contribution in [3.8, 4) is 0 Å². The summed E-state index contributed by atoms with van der Waals surface area (Å²) in [5, 5.41) is 2.62. The smallest absolute Gasteiger partial charge is 0.287 e. The Morgan fingerprint density at radius 3 is 2.87 bits per heavy atom. The lowest BCUT2D eigenvalue weighted by molar-refractivity contribution is 0.0890. The van der Waals surface area contributed by atoms with Crippen molar-refractivity contribution in [3.05, 3.63) is 24.2 Å². The zero-order chi connectivity index (χ0) is 16.6. The topological polar surface area (TPSA) is 79.6 Å². The van der Waals surface area contributed by atoms with Crippen LogP contribution in [0.2, 0.25) is 0 Å². The SMILES string of the molecule is CC(C)CN1C[C@@H]2[C@@H](NC(=O)c3ccco3)CCS(=O)(=O)[C@@H]2C1. The molecule has 0 aliphatic carbocycles. The van der Waals surface area contributed by atoms with Gasteiger partial charge in [0.15, 0.2) is 15.6 Å². The predicted molar refractivity (Wildman–Crippen MR) is 86.9 cm³/mol. The van der Waals surface area contributed by atoms with Crippen LogP contribution in [-0.2, 0) is 9.84 Å². The highest BCUT2D eigenvalue weighted by Gasteiger charge is 2.48. The molecule has 1 aromatic rings. The van der Waals surface area contributed by atoms with E-state index in [4.69, 9.17) is 4.42 Å². The molecule has 0 bridgehead atoms. The van der Waals surface area contributed by atoms with E-state index in [9.17, 15) is 13.2 Å². The summed E-state index contributed by atoms with van der Waals surface area (Å²) in [7, 11) is -3.07. The molecule has 6 nitrogen and oxygen atoms in total. The molecule has 3 atom stereocenters. The van der Waals surface area contributed by atoms with Crippen molar-refractivity contribution in [2.24, 2.45) is 11.8 Å². The lowest BCUT2D eigenvalue weighted by Gasteiger charge is -2.33. The Bertz CT molecular complexity index is 654. The third-order valence-corrected chi connectivity index (χ3v) is 6.99. The van der Waals surface area contributed by atoms with Gasteiger partial charge in [-0.05, 0) is 24.5 Å². The van der Waals surface area contributed by atoms with Gasteiger partial charge in [0, 0.05) is 31.6 Å². The third kappa shape index (κ3) is 3.45. The molecule has 23 heavy (non-hydrogen) atoms. The van der Waals surface area contributed by atoms with Crippen molar-refractivity contribution in [1.82, 2.24) is 10.2 Å². The van der Waals surface area contributed by atoms with Crippen LogP contribution in [-0.4, -0.2) is 55.9 Å². The van der Waals surface area contributed by atoms with Gasteiger partial charge in [0.25, 0.3) is 5.91 Å². The van der Waals surface area contributed by atoms with Gasteiger partial charge >= 0.3 is 0 Å². The molecule has 0 spiro atoms. The highest BCUT2D eigenvalue weighted by molar-refractivity contribution is 7.92. The summed E-state index contributed by atoms with van der Waals surface area (Å²) in [6, 6.07) is 3.17. The number of rotatable bonds is 4. The minimum absolute atomic E-state index is 0.0357. The average molecular weight is 340 g/mol. The van der Waals surface area contributed by atoms with Gasteiger partial charge in [0.05, 0.1) is 17.3 Å². The molecule has 0 aromatic carbocycles. The number of likely N-dealkylation sites (tertiary alicyclic amines) is 1. The van der Waals surface area contributed by atoms with Crippen LogP contribution in [0.5, 0.6) is 0 Å². The molecule has 2 aliphatic rings. The Hall–Kier alpha value is -1.34. The van der Waals surface area contributed by atoms with E-state index < -0.39 is 9.84 Å². The average Bonchev–Trinajstić information content (AvgIpc) is 3.10.